The Kier molecular flexibility index (Phi) is 2.88. The summed E-state index contributed by atoms with van der Waals surface area (Å²) < 4.78 is 4.68. The predicted octanol–water partition coefficient (Wildman–Crippen LogP) is -0.820. The van der Waals surface area contributed by atoms with Gasteiger partial charge in [-0.25, -0.2) is 4.79 Å². The molecule has 2 atom stereocenters. The second-order valence-electron chi connectivity index (χ2n) is 2.80. The van der Waals surface area contributed by atoms with E-state index in [1.807, 2.05) is 0 Å². The summed E-state index contributed by atoms with van der Waals surface area (Å²) in [4.78, 5) is 12.4. The van der Waals surface area contributed by atoms with E-state index in [4.69, 9.17) is 5.11 Å². The number of rotatable bonds is 3. The molecule has 1 rings (SSSR count). The fourth-order valence-electron chi connectivity index (χ4n) is 1.14. The third-order valence-electron chi connectivity index (χ3n) is 2.03. The molecule has 70 valence electrons. The van der Waals surface area contributed by atoms with E-state index >= 15 is 0 Å². The third kappa shape index (κ3) is 1.67. The fourth-order valence-corrected chi connectivity index (χ4v) is 1.14. The van der Waals surface area contributed by atoms with Crippen LogP contribution in [0.3, 0.4) is 0 Å². The van der Waals surface area contributed by atoms with Crippen molar-refractivity contribution < 1.29 is 19.7 Å². The van der Waals surface area contributed by atoms with Crippen molar-refractivity contribution >= 4 is 6.09 Å². The highest BCUT2D eigenvalue weighted by Gasteiger charge is 2.30. The van der Waals surface area contributed by atoms with Crippen molar-refractivity contribution in [2.45, 2.75) is 19.1 Å². The molecule has 12 heavy (non-hydrogen) atoms. The minimum Gasteiger partial charge on any atom is -0.448 e. The number of cyclic esters (lactones) is 1. The van der Waals surface area contributed by atoms with Gasteiger partial charge in [-0.1, -0.05) is 0 Å². The van der Waals surface area contributed by atoms with E-state index in [2.05, 4.69) is 4.74 Å². The minimum absolute atomic E-state index is 0.342. The van der Waals surface area contributed by atoms with Crippen LogP contribution in [0.25, 0.3) is 0 Å². The Bertz CT molecular complexity index is 173. The molecule has 1 amide bonds. The summed E-state index contributed by atoms with van der Waals surface area (Å²) in [5, 5.41) is 17.8. The van der Waals surface area contributed by atoms with E-state index in [9.17, 15) is 9.90 Å². The normalized spacial score (nSPS) is 22.2. The molecule has 0 radical (unpaired) electrons. The Morgan fingerprint density at radius 1 is 1.75 bits per heavy atom. The van der Waals surface area contributed by atoms with Gasteiger partial charge in [-0.3, -0.25) is 4.90 Å². The van der Waals surface area contributed by atoms with Gasteiger partial charge < -0.3 is 14.9 Å². The van der Waals surface area contributed by atoms with Gasteiger partial charge in [-0.2, -0.15) is 0 Å². The highest BCUT2D eigenvalue weighted by atomic mass is 16.6. The molecule has 0 aliphatic carbocycles. The Labute approximate surface area is 70.5 Å². The highest BCUT2D eigenvalue weighted by molar-refractivity contribution is 5.69. The number of nitrogens with zero attached hydrogens (tertiary/aromatic N) is 1. The van der Waals surface area contributed by atoms with Gasteiger partial charge in [-0.15, -0.1) is 0 Å². The molecule has 0 saturated carbocycles. The van der Waals surface area contributed by atoms with E-state index in [0.717, 1.165) is 0 Å². The van der Waals surface area contributed by atoms with Crippen LogP contribution >= 0.6 is 0 Å². The van der Waals surface area contributed by atoms with Crippen LogP contribution < -0.4 is 0 Å². The van der Waals surface area contributed by atoms with Crippen LogP contribution in [0.15, 0.2) is 0 Å². The Morgan fingerprint density at radius 2 is 2.42 bits per heavy atom. The lowest BCUT2D eigenvalue weighted by Gasteiger charge is -2.24. The Hall–Kier alpha value is -0.810. The van der Waals surface area contributed by atoms with Crippen LogP contribution in [-0.2, 0) is 4.74 Å². The van der Waals surface area contributed by atoms with Gasteiger partial charge in [0.25, 0.3) is 0 Å². The van der Waals surface area contributed by atoms with Gasteiger partial charge in [0.15, 0.2) is 0 Å². The smallest absolute Gasteiger partial charge is 0.410 e. The lowest BCUT2D eigenvalue weighted by Crippen LogP contribution is -2.43. The first-order valence-electron chi connectivity index (χ1n) is 3.89. The summed E-state index contributed by atoms with van der Waals surface area (Å²) in [6.45, 7) is 2.18. The number of aliphatic hydroxyl groups is 2. The summed E-state index contributed by atoms with van der Waals surface area (Å²) in [6, 6.07) is -0.384. The number of aliphatic hydroxyl groups excluding tert-OH is 2. The van der Waals surface area contributed by atoms with Gasteiger partial charge in [0.1, 0.15) is 6.61 Å². The molecule has 1 fully saturated rings. The van der Waals surface area contributed by atoms with Gasteiger partial charge in [-0.05, 0) is 6.92 Å². The molecule has 0 bridgehead atoms. The molecule has 1 aliphatic heterocycles. The topological polar surface area (TPSA) is 70.0 Å². The number of ether oxygens (including phenoxy) is 1. The monoisotopic (exact) mass is 175 g/mol. The SMILES string of the molecule is CC(C(O)CO)N1CCOC1=O. The van der Waals surface area contributed by atoms with Crippen LogP contribution in [0.5, 0.6) is 0 Å². The average Bonchev–Trinajstić information content (AvgIpc) is 2.48. The Balaban J connectivity index is 2.51. The zero-order valence-corrected chi connectivity index (χ0v) is 6.93. The van der Waals surface area contributed by atoms with Crippen molar-refractivity contribution in [1.82, 2.24) is 4.90 Å². The molecule has 1 saturated heterocycles. The van der Waals surface area contributed by atoms with Crippen LogP contribution in [0.4, 0.5) is 4.79 Å². The first kappa shape index (κ1) is 9.28. The summed E-state index contributed by atoms with van der Waals surface area (Å²) in [5.74, 6) is 0. The lowest BCUT2D eigenvalue weighted by molar-refractivity contribution is 0.0344. The van der Waals surface area contributed by atoms with Crippen LogP contribution in [0.1, 0.15) is 6.92 Å². The molecular formula is C7H13NO4. The molecule has 0 spiro atoms. The van der Waals surface area contributed by atoms with E-state index < -0.39 is 12.2 Å². The van der Waals surface area contributed by atoms with E-state index in [1.54, 1.807) is 6.92 Å². The Morgan fingerprint density at radius 3 is 2.83 bits per heavy atom. The molecule has 2 N–H and O–H groups in total. The second-order valence-corrected chi connectivity index (χ2v) is 2.80. The quantitative estimate of drug-likeness (QED) is 0.588. The minimum atomic E-state index is -0.893. The maximum Gasteiger partial charge on any atom is 0.410 e. The number of hydrogen-bond acceptors (Lipinski definition) is 4. The molecule has 0 aromatic heterocycles. The summed E-state index contributed by atoms with van der Waals surface area (Å²) in [6.07, 6.45) is -1.31. The zero-order chi connectivity index (χ0) is 9.14. The number of carbonyl (C=O) groups excluding carboxylic acids is 1. The van der Waals surface area contributed by atoms with Crippen LogP contribution in [0, 0.1) is 0 Å². The maximum atomic E-state index is 10.9. The fraction of sp³-hybridized carbons (Fsp3) is 0.857. The van der Waals surface area contributed by atoms with E-state index in [0.29, 0.717) is 13.2 Å². The maximum absolute atomic E-state index is 10.9. The van der Waals surface area contributed by atoms with Crippen LogP contribution in [-0.4, -0.2) is 53.1 Å². The van der Waals surface area contributed by atoms with Gasteiger partial charge in [0.05, 0.1) is 25.3 Å². The van der Waals surface area contributed by atoms with Crippen molar-refractivity contribution in [3.63, 3.8) is 0 Å². The number of amides is 1. The standard InChI is InChI=1S/C7H13NO4/c1-5(6(10)4-9)8-2-3-12-7(8)11/h5-6,9-10H,2-4H2,1H3. The van der Waals surface area contributed by atoms with Crippen molar-refractivity contribution in [1.29, 1.82) is 0 Å². The van der Waals surface area contributed by atoms with Gasteiger partial charge >= 0.3 is 6.09 Å². The average molecular weight is 175 g/mol. The first-order valence-corrected chi connectivity index (χ1v) is 3.89. The van der Waals surface area contributed by atoms with Crippen molar-refractivity contribution in [3.8, 4) is 0 Å². The van der Waals surface area contributed by atoms with Gasteiger partial charge in [0.2, 0.25) is 0 Å². The third-order valence-corrected chi connectivity index (χ3v) is 2.03. The van der Waals surface area contributed by atoms with E-state index in [-0.39, 0.29) is 12.6 Å². The van der Waals surface area contributed by atoms with Gasteiger partial charge in [0, 0.05) is 0 Å². The van der Waals surface area contributed by atoms with Crippen molar-refractivity contribution in [3.05, 3.63) is 0 Å². The molecule has 0 aromatic rings. The molecule has 1 aliphatic rings. The molecule has 0 aromatic carbocycles. The van der Waals surface area contributed by atoms with Crippen molar-refractivity contribution in [2.75, 3.05) is 19.8 Å². The van der Waals surface area contributed by atoms with Crippen LogP contribution in [0.2, 0.25) is 0 Å². The summed E-state index contributed by atoms with van der Waals surface area (Å²) in [7, 11) is 0. The largest absolute Gasteiger partial charge is 0.448 e. The summed E-state index contributed by atoms with van der Waals surface area (Å²) in [5.41, 5.74) is 0. The zero-order valence-electron chi connectivity index (χ0n) is 6.93. The molecule has 2 unspecified atom stereocenters. The number of hydrogen-bond donors (Lipinski definition) is 2. The lowest BCUT2D eigenvalue weighted by atomic mass is 10.2. The first-order chi connectivity index (χ1) is 5.66. The number of carbonyl (C=O) groups is 1. The second kappa shape index (κ2) is 3.73. The summed E-state index contributed by atoms with van der Waals surface area (Å²) >= 11 is 0. The van der Waals surface area contributed by atoms with Crippen molar-refractivity contribution in [2.24, 2.45) is 0 Å². The molecule has 5 heteroatoms. The molecule has 5 nitrogen and oxygen atoms in total. The van der Waals surface area contributed by atoms with E-state index in [1.165, 1.54) is 4.90 Å². The predicted molar refractivity (Wildman–Crippen MR) is 40.6 cm³/mol. The highest BCUT2D eigenvalue weighted by Crippen LogP contribution is 2.10. The molecular weight excluding hydrogens is 162 g/mol. The molecule has 1 heterocycles.